The van der Waals surface area contributed by atoms with E-state index in [0.717, 1.165) is 0 Å². The van der Waals surface area contributed by atoms with Crippen molar-refractivity contribution in [3.63, 3.8) is 0 Å². The van der Waals surface area contributed by atoms with Crippen LogP contribution in [0, 0.1) is 5.82 Å². The number of hydrogen-bond acceptors (Lipinski definition) is 2. The Labute approximate surface area is 119 Å². The van der Waals surface area contributed by atoms with Gasteiger partial charge in [0.15, 0.2) is 0 Å². The van der Waals surface area contributed by atoms with Crippen LogP contribution in [0.3, 0.4) is 0 Å². The van der Waals surface area contributed by atoms with Crippen LogP contribution in [-0.2, 0) is 11.8 Å². The molecule has 1 unspecified atom stereocenters. The average Bonchev–Trinajstić information content (AvgIpc) is 2.47. The van der Waals surface area contributed by atoms with Crippen LogP contribution in [0.1, 0.15) is 25.0 Å². The van der Waals surface area contributed by atoms with E-state index in [4.69, 9.17) is 5.84 Å². The van der Waals surface area contributed by atoms with Crippen LogP contribution in [0.4, 0.5) is 4.39 Å². The third-order valence-corrected chi connectivity index (χ3v) is 3.97. The summed E-state index contributed by atoms with van der Waals surface area (Å²) in [6, 6.07) is 16.9. The minimum absolute atomic E-state index is 0.0539. The molecule has 106 valence electrons. The molecule has 0 aliphatic rings. The molecule has 0 radical (unpaired) electrons. The molecule has 0 fully saturated rings. The van der Waals surface area contributed by atoms with E-state index in [9.17, 15) is 4.39 Å². The summed E-state index contributed by atoms with van der Waals surface area (Å²) in [5.74, 6) is 5.54. The van der Waals surface area contributed by atoms with Gasteiger partial charge in [0.25, 0.3) is 0 Å². The van der Waals surface area contributed by atoms with Crippen molar-refractivity contribution in [1.82, 2.24) is 5.43 Å². The van der Waals surface area contributed by atoms with Gasteiger partial charge in [-0.3, -0.25) is 11.3 Å². The molecule has 0 aliphatic heterocycles. The molecular weight excluding hydrogens is 251 g/mol. The molecule has 0 spiro atoms. The summed E-state index contributed by atoms with van der Waals surface area (Å²) >= 11 is 0. The largest absolute Gasteiger partial charge is 0.271 e. The first kappa shape index (κ1) is 14.7. The van der Waals surface area contributed by atoms with Crippen molar-refractivity contribution in [2.45, 2.75) is 31.7 Å². The maximum Gasteiger partial charge on any atom is 0.126 e. The van der Waals surface area contributed by atoms with Crippen LogP contribution in [0.2, 0.25) is 0 Å². The van der Waals surface area contributed by atoms with Crippen LogP contribution in [-0.4, -0.2) is 6.04 Å². The molecule has 0 aliphatic carbocycles. The van der Waals surface area contributed by atoms with Gasteiger partial charge in [0.2, 0.25) is 0 Å². The zero-order valence-electron chi connectivity index (χ0n) is 11.9. The van der Waals surface area contributed by atoms with Gasteiger partial charge in [-0.1, -0.05) is 62.4 Å². The molecule has 2 aromatic rings. The van der Waals surface area contributed by atoms with E-state index in [-0.39, 0.29) is 17.3 Å². The second kappa shape index (κ2) is 6.16. The molecule has 0 bridgehead atoms. The van der Waals surface area contributed by atoms with Gasteiger partial charge in [-0.2, -0.15) is 0 Å². The third kappa shape index (κ3) is 3.06. The SMILES string of the molecule is CC(C)(c1ccccc1)C(Cc1ccccc1F)NN. The van der Waals surface area contributed by atoms with Crippen molar-refractivity contribution in [3.05, 3.63) is 71.5 Å². The number of hydrogen-bond donors (Lipinski definition) is 2. The molecule has 1 atom stereocenters. The highest BCUT2D eigenvalue weighted by atomic mass is 19.1. The summed E-state index contributed by atoms with van der Waals surface area (Å²) in [5.41, 5.74) is 4.51. The second-order valence-electron chi connectivity index (χ2n) is 5.60. The Balaban J connectivity index is 2.26. The fourth-order valence-electron chi connectivity index (χ4n) is 2.48. The molecule has 3 N–H and O–H groups in total. The Kier molecular flexibility index (Phi) is 4.53. The molecule has 2 nitrogen and oxygen atoms in total. The Bertz CT molecular complexity index is 552. The molecule has 0 amide bonds. The van der Waals surface area contributed by atoms with Gasteiger partial charge in [-0.05, 0) is 23.6 Å². The number of nitrogens with two attached hydrogens (primary N) is 1. The highest BCUT2D eigenvalue weighted by Crippen LogP contribution is 2.29. The molecule has 20 heavy (non-hydrogen) atoms. The van der Waals surface area contributed by atoms with Gasteiger partial charge < -0.3 is 0 Å². The van der Waals surface area contributed by atoms with E-state index in [1.807, 2.05) is 24.3 Å². The van der Waals surface area contributed by atoms with E-state index in [2.05, 4.69) is 31.4 Å². The van der Waals surface area contributed by atoms with Crippen LogP contribution in [0.5, 0.6) is 0 Å². The summed E-state index contributed by atoms with van der Waals surface area (Å²) in [5, 5.41) is 0. The molecule has 0 saturated carbocycles. The lowest BCUT2D eigenvalue weighted by atomic mass is 9.75. The monoisotopic (exact) mass is 272 g/mol. The van der Waals surface area contributed by atoms with Gasteiger partial charge in [0.05, 0.1) is 0 Å². The molecular formula is C17H21FN2. The smallest absolute Gasteiger partial charge is 0.126 e. The molecule has 0 saturated heterocycles. The van der Waals surface area contributed by atoms with Gasteiger partial charge in [-0.25, -0.2) is 4.39 Å². The van der Waals surface area contributed by atoms with Crippen LogP contribution < -0.4 is 11.3 Å². The first-order valence-electron chi connectivity index (χ1n) is 6.80. The molecule has 0 heterocycles. The maximum absolute atomic E-state index is 13.8. The molecule has 2 rings (SSSR count). The predicted molar refractivity (Wildman–Crippen MR) is 80.7 cm³/mol. The van der Waals surface area contributed by atoms with Crippen LogP contribution >= 0.6 is 0 Å². The Morgan fingerprint density at radius 3 is 2.25 bits per heavy atom. The van der Waals surface area contributed by atoms with Gasteiger partial charge >= 0.3 is 0 Å². The summed E-state index contributed by atoms with van der Waals surface area (Å²) in [6.45, 7) is 4.24. The number of nitrogens with one attached hydrogen (secondary N) is 1. The Hall–Kier alpha value is -1.71. The lowest BCUT2D eigenvalue weighted by molar-refractivity contribution is 0.338. The Morgan fingerprint density at radius 2 is 1.65 bits per heavy atom. The Morgan fingerprint density at radius 1 is 1.05 bits per heavy atom. The number of halogens is 1. The minimum Gasteiger partial charge on any atom is -0.271 e. The fraction of sp³-hybridized carbons (Fsp3) is 0.294. The normalized spacial score (nSPS) is 13.2. The first-order chi connectivity index (χ1) is 9.55. The van der Waals surface area contributed by atoms with Crippen molar-refractivity contribution < 1.29 is 4.39 Å². The van der Waals surface area contributed by atoms with Crippen LogP contribution in [0.25, 0.3) is 0 Å². The van der Waals surface area contributed by atoms with Crippen molar-refractivity contribution in [1.29, 1.82) is 0 Å². The van der Waals surface area contributed by atoms with E-state index in [1.165, 1.54) is 11.6 Å². The zero-order valence-corrected chi connectivity index (χ0v) is 11.9. The van der Waals surface area contributed by atoms with Gasteiger partial charge in [0.1, 0.15) is 5.82 Å². The van der Waals surface area contributed by atoms with Crippen molar-refractivity contribution in [2.75, 3.05) is 0 Å². The highest BCUT2D eigenvalue weighted by molar-refractivity contribution is 5.28. The first-order valence-corrected chi connectivity index (χ1v) is 6.80. The van der Waals surface area contributed by atoms with Crippen LogP contribution in [0.15, 0.2) is 54.6 Å². The predicted octanol–water partition coefficient (Wildman–Crippen LogP) is 3.18. The molecule has 3 heteroatoms. The van der Waals surface area contributed by atoms with E-state index < -0.39 is 0 Å². The average molecular weight is 272 g/mol. The summed E-state index contributed by atoms with van der Waals surface area (Å²) in [7, 11) is 0. The number of benzene rings is 2. The lowest BCUT2D eigenvalue weighted by Crippen LogP contribution is -2.49. The summed E-state index contributed by atoms with van der Waals surface area (Å²) in [6.07, 6.45) is 0.547. The van der Waals surface area contributed by atoms with Crippen molar-refractivity contribution in [3.8, 4) is 0 Å². The summed E-state index contributed by atoms with van der Waals surface area (Å²) in [4.78, 5) is 0. The standard InChI is InChI=1S/C17H21FN2/c1-17(2,14-9-4-3-5-10-14)16(20-19)12-13-8-6-7-11-15(13)18/h3-11,16,20H,12,19H2,1-2H3. The van der Waals surface area contributed by atoms with E-state index in [0.29, 0.717) is 12.0 Å². The summed E-state index contributed by atoms with van der Waals surface area (Å²) < 4.78 is 13.8. The quantitative estimate of drug-likeness (QED) is 0.648. The minimum atomic E-state index is -0.196. The number of rotatable bonds is 5. The van der Waals surface area contributed by atoms with E-state index >= 15 is 0 Å². The van der Waals surface area contributed by atoms with Gasteiger partial charge in [0, 0.05) is 11.5 Å². The fourth-order valence-corrected chi connectivity index (χ4v) is 2.48. The molecule has 0 aromatic heterocycles. The zero-order chi connectivity index (χ0) is 14.6. The van der Waals surface area contributed by atoms with Crippen molar-refractivity contribution in [2.24, 2.45) is 5.84 Å². The molecule has 2 aromatic carbocycles. The number of hydrazine groups is 1. The van der Waals surface area contributed by atoms with Crippen molar-refractivity contribution >= 4 is 0 Å². The topological polar surface area (TPSA) is 38.0 Å². The highest BCUT2D eigenvalue weighted by Gasteiger charge is 2.31. The van der Waals surface area contributed by atoms with Gasteiger partial charge in [-0.15, -0.1) is 0 Å². The third-order valence-electron chi connectivity index (χ3n) is 3.97. The maximum atomic E-state index is 13.8. The van der Waals surface area contributed by atoms with E-state index in [1.54, 1.807) is 12.1 Å². The second-order valence-corrected chi connectivity index (χ2v) is 5.60. The lowest BCUT2D eigenvalue weighted by Gasteiger charge is -2.34.